The van der Waals surface area contributed by atoms with Crippen LogP contribution in [0.2, 0.25) is 5.02 Å². The Bertz CT molecular complexity index is 1150. The fourth-order valence-electron chi connectivity index (χ4n) is 2.72. The maximum Gasteiger partial charge on any atom is 0.263 e. The Balaban J connectivity index is 1.61. The van der Waals surface area contributed by atoms with Gasteiger partial charge in [0, 0.05) is 11.1 Å². The van der Waals surface area contributed by atoms with Gasteiger partial charge in [0.15, 0.2) is 0 Å². The minimum absolute atomic E-state index is 0.320. The highest BCUT2D eigenvalue weighted by Gasteiger charge is 2.24. The van der Waals surface area contributed by atoms with E-state index in [1.165, 1.54) is 11.3 Å². The molecule has 0 aliphatic carbocycles. The van der Waals surface area contributed by atoms with Crippen molar-refractivity contribution in [3.8, 4) is 21.8 Å². The minimum Gasteiger partial charge on any atom is -0.360 e. The van der Waals surface area contributed by atoms with Gasteiger partial charge in [-0.2, -0.15) is 0 Å². The quantitative estimate of drug-likeness (QED) is 0.488. The van der Waals surface area contributed by atoms with Crippen LogP contribution in [0, 0.1) is 13.8 Å². The number of benzene rings is 2. The van der Waals surface area contributed by atoms with E-state index in [9.17, 15) is 4.79 Å². The molecule has 0 unspecified atom stereocenters. The molecule has 2 aromatic carbocycles. The van der Waals surface area contributed by atoms with E-state index in [1.807, 2.05) is 43.3 Å². The zero-order valence-electron chi connectivity index (χ0n) is 15.1. The van der Waals surface area contributed by atoms with Gasteiger partial charge in [-0.25, -0.2) is 0 Å². The first-order chi connectivity index (χ1) is 13.5. The van der Waals surface area contributed by atoms with Crippen LogP contribution >= 0.6 is 22.9 Å². The number of rotatable bonds is 4. The van der Waals surface area contributed by atoms with Gasteiger partial charge < -0.3 is 4.52 Å². The van der Waals surface area contributed by atoms with E-state index in [1.54, 1.807) is 19.1 Å². The maximum atomic E-state index is 12.9. The van der Waals surface area contributed by atoms with Crippen molar-refractivity contribution in [3.05, 3.63) is 70.4 Å². The van der Waals surface area contributed by atoms with Crippen molar-refractivity contribution in [2.75, 3.05) is 5.32 Å². The third-order valence-electron chi connectivity index (χ3n) is 4.16. The molecule has 4 aromatic rings. The van der Waals surface area contributed by atoms with Crippen LogP contribution in [0.25, 0.3) is 21.8 Å². The predicted molar refractivity (Wildman–Crippen MR) is 110 cm³/mol. The predicted octanol–water partition coefficient (Wildman–Crippen LogP) is 5.38. The van der Waals surface area contributed by atoms with Gasteiger partial charge in [0.2, 0.25) is 5.13 Å². The molecular weight excluding hydrogens is 396 g/mol. The van der Waals surface area contributed by atoms with Gasteiger partial charge in [-0.1, -0.05) is 76.1 Å². The standard InChI is InChI=1S/C20H15ClN4O2S/c1-11-7-9-13(10-8-11)19-23-24-20(28-19)22-18(26)16-12(2)27-25-17(16)14-5-3-4-6-15(14)21/h3-10H,1-2H3,(H,22,24,26). The zero-order valence-corrected chi connectivity index (χ0v) is 16.6. The fourth-order valence-corrected chi connectivity index (χ4v) is 3.69. The first-order valence-corrected chi connectivity index (χ1v) is 9.65. The SMILES string of the molecule is Cc1ccc(-c2nnc(NC(=O)c3c(-c4ccccc4Cl)noc3C)s2)cc1. The number of hydrogen-bond donors (Lipinski definition) is 1. The molecule has 2 aromatic heterocycles. The van der Waals surface area contributed by atoms with Crippen molar-refractivity contribution in [2.24, 2.45) is 0 Å². The molecule has 1 N–H and O–H groups in total. The van der Waals surface area contributed by atoms with Gasteiger partial charge in [0.25, 0.3) is 5.91 Å². The van der Waals surface area contributed by atoms with Crippen LogP contribution < -0.4 is 5.32 Å². The molecule has 0 bridgehead atoms. The molecule has 6 nitrogen and oxygen atoms in total. The van der Waals surface area contributed by atoms with Crippen molar-refractivity contribution < 1.29 is 9.32 Å². The summed E-state index contributed by atoms with van der Waals surface area (Å²) < 4.78 is 5.25. The first kappa shape index (κ1) is 18.3. The highest BCUT2D eigenvalue weighted by atomic mass is 35.5. The molecule has 0 spiro atoms. The van der Waals surface area contributed by atoms with E-state index in [-0.39, 0.29) is 5.91 Å². The Morgan fingerprint density at radius 3 is 2.57 bits per heavy atom. The summed E-state index contributed by atoms with van der Waals surface area (Å²) in [5.41, 5.74) is 3.45. The Labute approximate surface area is 170 Å². The van der Waals surface area contributed by atoms with E-state index in [2.05, 4.69) is 20.7 Å². The van der Waals surface area contributed by atoms with E-state index in [0.29, 0.717) is 32.7 Å². The van der Waals surface area contributed by atoms with Crippen molar-refractivity contribution in [2.45, 2.75) is 13.8 Å². The van der Waals surface area contributed by atoms with E-state index < -0.39 is 0 Å². The molecule has 0 aliphatic heterocycles. The third-order valence-corrected chi connectivity index (χ3v) is 5.38. The summed E-state index contributed by atoms with van der Waals surface area (Å²) in [7, 11) is 0. The monoisotopic (exact) mass is 410 g/mol. The second-order valence-corrected chi connectivity index (χ2v) is 7.56. The van der Waals surface area contributed by atoms with Crippen LogP contribution in [-0.2, 0) is 0 Å². The van der Waals surface area contributed by atoms with Gasteiger partial charge in [0.1, 0.15) is 22.0 Å². The van der Waals surface area contributed by atoms with Crippen LogP contribution in [0.4, 0.5) is 5.13 Å². The third kappa shape index (κ3) is 3.54. The van der Waals surface area contributed by atoms with Crippen LogP contribution in [-0.4, -0.2) is 21.3 Å². The van der Waals surface area contributed by atoms with Gasteiger partial charge in [-0.05, 0) is 19.9 Å². The number of carbonyl (C=O) groups excluding carboxylic acids is 1. The molecule has 0 radical (unpaired) electrons. The van der Waals surface area contributed by atoms with Crippen LogP contribution in [0.5, 0.6) is 0 Å². The van der Waals surface area contributed by atoms with E-state index in [4.69, 9.17) is 16.1 Å². The minimum atomic E-state index is -0.375. The van der Waals surface area contributed by atoms with Crippen molar-refractivity contribution in [1.82, 2.24) is 15.4 Å². The zero-order chi connectivity index (χ0) is 19.7. The first-order valence-electron chi connectivity index (χ1n) is 8.46. The summed E-state index contributed by atoms with van der Waals surface area (Å²) in [6.07, 6.45) is 0. The normalized spacial score (nSPS) is 10.8. The Morgan fingerprint density at radius 1 is 1.07 bits per heavy atom. The summed E-state index contributed by atoms with van der Waals surface area (Å²) in [5.74, 6) is 0.0240. The molecule has 140 valence electrons. The number of aromatic nitrogens is 3. The van der Waals surface area contributed by atoms with Gasteiger partial charge >= 0.3 is 0 Å². The Hall–Kier alpha value is -3.03. The van der Waals surface area contributed by atoms with Crippen molar-refractivity contribution in [1.29, 1.82) is 0 Å². The average molecular weight is 411 g/mol. The van der Waals surface area contributed by atoms with Crippen LogP contribution in [0.15, 0.2) is 53.1 Å². The number of halogens is 1. The van der Waals surface area contributed by atoms with Crippen LogP contribution in [0.1, 0.15) is 21.7 Å². The highest BCUT2D eigenvalue weighted by Crippen LogP contribution is 2.32. The lowest BCUT2D eigenvalue weighted by Gasteiger charge is -2.04. The van der Waals surface area contributed by atoms with E-state index in [0.717, 1.165) is 16.1 Å². The molecule has 0 saturated heterocycles. The fraction of sp³-hybridized carbons (Fsp3) is 0.100. The average Bonchev–Trinajstić information content (AvgIpc) is 3.29. The molecule has 0 fully saturated rings. The van der Waals surface area contributed by atoms with E-state index >= 15 is 0 Å². The summed E-state index contributed by atoms with van der Waals surface area (Å²) >= 11 is 7.55. The number of nitrogens with one attached hydrogen (secondary N) is 1. The summed E-state index contributed by atoms with van der Waals surface area (Å²) in [5, 5.41) is 16.6. The highest BCUT2D eigenvalue weighted by molar-refractivity contribution is 7.18. The van der Waals surface area contributed by atoms with Gasteiger partial charge in [-0.15, -0.1) is 10.2 Å². The molecule has 0 aliphatic rings. The molecular formula is C20H15ClN4O2S. The summed E-state index contributed by atoms with van der Waals surface area (Å²) in [6.45, 7) is 3.70. The molecule has 28 heavy (non-hydrogen) atoms. The molecule has 0 saturated carbocycles. The number of carbonyl (C=O) groups is 1. The number of amides is 1. The molecule has 8 heteroatoms. The second kappa shape index (κ2) is 7.53. The second-order valence-electron chi connectivity index (χ2n) is 6.17. The molecule has 0 atom stereocenters. The molecule has 4 rings (SSSR count). The summed E-state index contributed by atoms with van der Waals surface area (Å²) in [6, 6.07) is 15.1. The maximum absolute atomic E-state index is 12.9. The molecule has 2 heterocycles. The lowest BCUT2D eigenvalue weighted by atomic mass is 10.1. The largest absolute Gasteiger partial charge is 0.360 e. The number of hydrogen-bond acceptors (Lipinski definition) is 6. The van der Waals surface area contributed by atoms with Crippen LogP contribution in [0.3, 0.4) is 0 Å². The van der Waals surface area contributed by atoms with Crippen molar-refractivity contribution >= 4 is 34.0 Å². The lowest BCUT2D eigenvalue weighted by molar-refractivity contribution is 0.102. The number of aryl methyl sites for hydroxylation is 2. The Morgan fingerprint density at radius 2 is 1.82 bits per heavy atom. The van der Waals surface area contributed by atoms with Crippen molar-refractivity contribution in [3.63, 3.8) is 0 Å². The summed E-state index contributed by atoms with van der Waals surface area (Å²) in [4.78, 5) is 12.9. The Kier molecular flexibility index (Phi) is 4.93. The smallest absolute Gasteiger partial charge is 0.263 e. The molecule has 1 amide bonds. The number of nitrogens with zero attached hydrogens (tertiary/aromatic N) is 3. The topological polar surface area (TPSA) is 80.9 Å². The number of anilines is 1. The van der Waals surface area contributed by atoms with Gasteiger partial charge in [-0.3, -0.25) is 10.1 Å². The van der Waals surface area contributed by atoms with Gasteiger partial charge in [0.05, 0.1) is 5.02 Å². The lowest BCUT2D eigenvalue weighted by Crippen LogP contribution is -2.13.